The number of hydrogen-bond donors (Lipinski definition) is 0. The third kappa shape index (κ3) is 11.8. The molecule has 9 nitrogen and oxygen atoms in total. The second-order valence-corrected chi connectivity index (χ2v) is 18.4. The van der Waals surface area contributed by atoms with Crippen LogP contribution in [0.1, 0.15) is 28.2 Å². The van der Waals surface area contributed by atoms with Crippen molar-refractivity contribution < 1.29 is 0 Å². The molecule has 14 aromatic rings. The van der Waals surface area contributed by atoms with E-state index < -0.39 is 0 Å². The van der Waals surface area contributed by atoms with Gasteiger partial charge in [0.05, 0.1) is 45.2 Å². The summed E-state index contributed by atoms with van der Waals surface area (Å²) in [7, 11) is 0. The predicted octanol–water partition coefficient (Wildman–Crippen LogP) is 16.1. The molecule has 5 aromatic carbocycles. The zero-order chi connectivity index (χ0) is 52.2. The Morgan fingerprint density at radius 2 is 0.803 bits per heavy atom. The molecule has 0 aliphatic rings. The van der Waals surface area contributed by atoms with Gasteiger partial charge in [0.2, 0.25) is 0 Å². The van der Waals surface area contributed by atoms with Gasteiger partial charge in [0.1, 0.15) is 16.9 Å². The van der Waals surface area contributed by atoms with E-state index in [-0.39, 0.29) is 0 Å². The maximum Gasteiger partial charge on any atom is 0.137 e. The van der Waals surface area contributed by atoms with Gasteiger partial charge in [-0.2, -0.15) is 0 Å². The maximum atomic E-state index is 4.71. The van der Waals surface area contributed by atoms with Gasteiger partial charge < -0.3 is 13.2 Å². The van der Waals surface area contributed by atoms with Crippen molar-refractivity contribution in [2.24, 2.45) is 0 Å². The van der Waals surface area contributed by atoms with Crippen LogP contribution in [-0.2, 0) is 0 Å². The van der Waals surface area contributed by atoms with Crippen molar-refractivity contribution in [3.05, 3.63) is 284 Å². The smallest absolute Gasteiger partial charge is 0.137 e. The molecule has 0 radical (unpaired) electrons. The molecule has 76 heavy (non-hydrogen) atoms. The Hall–Kier alpha value is -9.86. The summed E-state index contributed by atoms with van der Waals surface area (Å²) in [6.07, 6.45) is 9.96. The molecule has 0 N–H and O–H groups in total. The van der Waals surface area contributed by atoms with E-state index in [1.54, 1.807) is 6.20 Å². The van der Waals surface area contributed by atoms with Gasteiger partial charge in [0.15, 0.2) is 0 Å². The lowest BCUT2D eigenvalue weighted by Crippen LogP contribution is -1.91. The minimum Gasteiger partial charge on any atom is -0.307 e. The Labute approximate surface area is 443 Å². The highest BCUT2D eigenvalue weighted by atomic mass is 15.0. The van der Waals surface area contributed by atoms with E-state index in [0.717, 1.165) is 78.8 Å². The van der Waals surface area contributed by atoms with Crippen LogP contribution in [0, 0.1) is 34.6 Å². The minimum absolute atomic E-state index is 0.906. The van der Waals surface area contributed by atoms with Crippen molar-refractivity contribution >= 4 is 38.7 Å². The summed E-state index contributed by atoms with van der Waals surface area (Å²) < 4.78 is 6.24. The average molecular weight is 988 g/mol. The standard InChI is InChI=1S/C17H14N2.2C14H12N2.C14H11N.C8H8N2/c1-13-11-16(14-7-3-2-4-8-14)19-17(12-13)15-9-5-6-10-18-15;2*1-11-6-5-9-14-15-13(10-16(11)14)12-7-3-2-4-8-12;1-10-11-6-2-4-8-13(11)15-14-9-5-3-7-12(10)14;1-7-6-10-5-3-2-4-8(10)9-7/h2-12H,1H3;2*2-10H,1H3;2-9H,1H3;2-6H,1H3. The highest BCUT2D eigenvalue weighted by molar-refractivity contribution is 5.97. The molecule has 9 heterocycles. The number of imidazole rings is 3. The number of fused-ring (bicyclic) bond motifs is 5. The molecule has 0 unspecified atom stereocenters. The van der Waals surface area contributed by atoms with Gasteiger partial charge in [-0.25, -0.2) is 24.9 Å². The Morgan fingerprint density at radius 1 is 0.329 bits per heavy atom. The first-order valence-electron chi connectivity index (χ1n) is 25.3. The van der Waals surface area contributed by atoms with Crippen molar-refractivity contribution in [3.8, 4) is 45.2 Å². The van der Waals surface area contributed by atoms with Gasteiger partial charge in [-0.05, 0) is 119 Å². The molecule has 0 amide bonds. The van der Waals surface area contributed by atoms with Crippen LogP contribution in [0.4, 0.5) is 0 Å². The number of pyridine rings is 6. The van der Waals surface area contributed by atoms with Gasteiger partial charge >= 0.3 is 0 Å². The summed E-state index contributed by atoms with van der Waals surface area (Å²) in [5, 5.41) is 2.49. The largest absolute Gasteiger partial charge is 0.307 e. The van der Waals surface area contributed by atoms with Gasteiger partial charge in [-0.3, -0.25) is 4.98 Å². The number of aromatic nitrogens is 9. The molecule has 0 aliphatic heterocycles. The van der Waals surface area contributed by atoms with Crippen LogP contribution in [0.5, 0.6) is 0 Å². The fraction of sp³-hybridized carbons (Fsp3) is 0.0746. The van der Waals surface area contributed by atoms with Crippen molar-refractivity contribution in [2.45, 2.75) is 34.6 Å². The molecule has 370 valence electrons. The Morgan fingerprint density at radius 3 is 1.32 bits per heavy atom. The van der Waals surface area contributed by atoms with Crippen LogP contribution in [0.3, 0.4) is 0 Å². The van der Waals surface area contributed by atoms with Crippen molar-refractivity contribution in [1.82, 2.24) is 43.1 Å². The lowest BCUT2D eigenvalue weighted by atomic mass is 10.0. The molecule has 0 saturated carbocycles. The first-order chi connectivity index (χ1) is 37.2. The molecule has 0 spiro atoms. The van der Waals surface area contributed by atoms with Crippen LogP contribution in [0.25, 0.3) is 83.9 Å². The lowest BCUT2D eigenvalue weighted by Gasteiger charge is -2.06. The Bertz CT molecular complexity index is 3900. The van der Waals surface area contributed by atoms with E-state index in [2.05, 4.69) is 171 Å². The molecule has 14 rings (SSSR count). The highest BCUT2D eigenvalue weighted by Gasteiger charge is 2.08. The Balaban J connectivity index is 0.000000109. The average Bonchev–Trinajstić information content (AvgIpc) is 4.23. The summed E-state index contributed by atoms with van der Waals surface area (Å²) in [6, 6.07) is 75.6. The van der Waals surface area contributed by atoms with E-state index in [1.165, 1.54) is 33.3 Å². The molecular weight excluding hydrogens is 931 g/mol. The van der Waals surface area contributed by atoms with Crippen LogP contribution >= 0.6 is 0 Å². The highest BCUT2D eigenvalue weighted by Crippen LogP contribution is 2.26. The van der Waals surface area contributed by atoms with Crippen LogP contribution < -0.4 is 0 Å². The first-order valence-corrected chi connectivity index (χ1v) is 25.3. The van der Waals surface area contributed by atoms with Gasteiger partial charge in [0, 0.05) is 69.8 Å². The number of nitrogens with zero attached hydrogens (tertiary/aromatic N) is 9. The van der Waals surface area contributed by atoms with E-state index >= 15 is 0 Å². The van der Waals surface area contributed by atoms with E-state index in [9.17, 15) is 0 Å². The third-order valence-electron chi connectivity index (χ3n) is 12.8. The molecule has 0 fully saturated rings. The molecular formula is C67H57N9. The number of para-hydroxylation sites is 2. The molecule has 0 bridgehead atoms. The molecule has 0 atom stereocenters. The van der Waals surface area contributed by atoms with E-state index in [0.29, 0.717) is 0 Å². The maximum absolute atomic E-state index is 4.71. The molecule has 9 aromatic heterocycles. The van der Waals surface area contributed by atoms with Crippen LogP contribution in [0.15, 0.2) is 255 Å². The molecule has 9 heteroatoms. The quantitative estimate of drug-likeness (QED) is 0.163. The number of benzene rings is 5. The number of aryl methyl sites for hydroxylation is 5. The fourth-order valence-corrected chi connectivity index (χ4v) is 8.98. The van der Waals surface area contributed by atoms with Gasteiger partial charge in [-0.15, -0.1) is 0 Å². The van der Waals surface area contributed by atoms with Crippen molar-refractivity contribution in [3.63, 3.8) is 0 Å². The van der Waals surface area contributed by atoms with Gasteiger partial charge in [-0.1, -0.05) is 152 Å². The second kappa shape index (κ2) is 23.3. The van der Waals surface area contributed by atoms with Crippen molar-refractivity contribution in [2.75, 3.05) is 0 Å². The first kappa shape index (κ1) is 49.7. The van der Waals surface area contributed by atoms with Gasteiger partial charge in [0.25, 0.3) is 0 Å². The summed E-state index contributed by atoms with van der Waals surface area (Å²) in [5.41, 5.74) is 19.4. The van der Waals surface area contributed by atoms with E-state index in [4.69, 9.17) is 4.98 Å². The Kier molecular flexibility index (Phi) is 15.3. The predicted molar refractivity (Wildman–Crippen MR) is 312 cm³/mol. The van der Waals surface area contributed by atoms with Crippen molar-refractivity contribution in [1.29, 1.82) is 0 Å². The minimum atomic E-state index is 0.906. The topological polar surface area (TPSA) is 90.6 Å². The third-order valence-corrected chi connectivity index (χ3v) is 12.8. The normalized spacial score (nSPS) is 10.7. The summed E-state index contributed by atoms with van der Waals surface area (Å²) in [5.74, 6) is 0. The summed E-state index contributed by atoms with van der Waals surface area (Å²) >= 11 is 0. The molecule has 0 saturated heterocycles. The van der Waals surface area contributed by atoms with E-state index in [1.807, 2.05) is 151 Å². The monoisotopic (exact) mass is 987 g/mol. The fourth-order valence-electron chi connectivity index (χ4n) is 8.98. The zero-order valence-electron chi connectivity index (χ0n) is 43.3. The summed E-state index contributed by atoms with van der Waals surface area (Å²) in [4.78, 5) is 27.2. The SMILES string of the molecule is Cc1c2ccccc2nc2ccccc12.Cc1cc(-c2ccccc2)nc(-c2ccccn2)c1.Cc1cccc2nc(-c3ccccc3)cn12.Cc1cccc2nc(-c3ccccc3)cn12.Cc1cn2ccccc2n1. The second-order valence-electron chi connectivity index (χ2n) is 18.4. The zero-order valence-corrected chi connectivity index (χ0v) is 43.3. The van der Waals surface area contributed by atoms with Crippen LogP contribution in [0.2, 0.25) is 0 Å². The summed E-state index contributed by atoms with van der Waals surface area (Å²) in [6.45, 7) is 10.4. The number of rotatable bonds is 4. The lowest BCUT2D eigenvalue weighted by molar-refractivity contribution is 1.09. The molecule has 0 aliphatic carbocycles. The van der Waals surface area contributed by atoms with Crippen LogP contribution in [-0.4, -0.2) is 43.1 Å². The number of hydrogen-bond acceptors (Lipinski definition) is 6.